The summed E-state index contributed by atoms with van der Waals surface area (Å²) in [5.74, 6) is 1.99. The van der Waals surface area contributed by atoms with Crippen molar-refractivity contribution in [3.05, 3.63) is 63.8 Å². The first-order chi connectivity index (χ1) is 15.1. The second kappa shape index (κ2) is 7.13. The number of ether oxygens (including phenoxy) is 1. The van der Waals surface area contributed by atoms with Crippen LogP contribution < -0.4 is 4.74 Å². The largest absolute Gasteiger partial charge is 0.497 e. The van der Waals surface area contributed by atoms with E-state index in [1.165, 1.54) is 27.7 Å². The van der Waals surface area contributed by atoms with Gasteiger partial charge in [-0.15, -0.1) is 0 Å². The molecule has 0 bridgehead atoms. The molecule has 1 N–H and O–H groups in total. The van der Waals surface area contributed by atoms with Crippen molar-refractivity contribution < 1.29 is 9.53 Å². The van der Waals surface area contributed by atoms with E-state index in [0.29, 0.717) is 11.8 Å². The molecule has 2 fully saturated rings. The Hall–Kier alpha value is -2.27. The van der Waals surface area contributed by atoms with E-state index in [-0.39, 0.29) is 11.3 Å². The molecule has 1 saturated heterocycles. The summed E-state index contributed by atoms with van der Waals surface area (Å²) in [5.41, 5.74) is 5.37. The first-order valence-corrected chi connectivity index (χ1v) is 12.1. The molecule has 1 saturated carbocycles. The van der Waals surface area contributed by atoms with E-state index in [0.717, 1.165) is 55.4 Å². The molecule has 2 aliphatic carbocycles. The van der Waals surface area contributed by atoms with Crippen molar-refractivity contribution in [2.75, 3.05) is 20.2 Å². The zero-order chi connectivity index (χ0) is 21.2. The quantitative estimate of drug-likeness (QED) is 0.559. The summed E-state index contributed by atoms with van der Waals surface area (Å²) in [6, 6.07) is 15.1. The Balaban J connectivity index is 1.45. The number of rotatable bonds is 3. The van der Waals surface area contributed by atoms with Crippen LogP contribution in [0.4, 0.5) is 0 Å². The van der Waals surface area contributed by atoms with Gasteiger partial charge >= 0.3 is 0 Å². The van der Waals surface area contributed by atoms with E-state index < -0.39 is 0 Å². The summed E-state index contributed by atoms with van der Waals surface area (Å²) in [6.45, 7) is 1.71. The second-order valence-corrected chi connectivity index (χ2v) is 10.5. The lowest BCUT2D eigenvalue weighted by atomic mass is 9.58. The normalized spacial score (nSPS) is 25.2. The van der Waals surface area contributed by atoms with Crippen molar-refractivity contribution in [3.8, 4) is 5.75 Å². The van der Waals surface area contributed by atoms with Crippen molar-refractivity contribution in [2.45, 2.75) is 37.5 Å². The number of hydrogen-bond donors (Lipinski definition) is 1. The van der Waals surface area contributed by atoms with Gasteiger partial charge in [-0.2, -0.15) is 0 Å². The van der Waals surface area contributed by atoms with Gasteiger partial charge in [0.2, 0.25) is 5.91 Å². The van der Waals surface area contributed by atoms with Gasteiger partial charge in [0.05, 0.1) is 7.11 Å². The minimum atomic E-state index is 0.0278. The molecule has 5 heteroatoms. The Bertz CT molecular complexity index is 1180. The molecular weight excluding hydrogens is 452 g/mol. The van der Waals surface area contributed by atoms with Crippen molar-refractivity contribution in [3.63, 3.8) is 0 Å². The molecule has 3 aliphatic rings. The fourth-order valence-electron chi connectivity index (χ4n) is 6.00. The van der Waals surface area contributed by atoms with Gasteiger partial charge in [-0.3, -0.25) is 4.79 Å². The van der Waals surface area contributed by atoms with Gasteiger partial charge in [0.15, 0.2) is 0 Å². The molecule has 0 spiro atoms. The van der Waals surface area contributed by atoms with Crippen LogP contribution in [0.5, 0.6) is 5.75 Å². The van der Waals surface area contributed by atoms with Gasteiger partial charge in [-0.1, -0.05) is 34.1 Å². The van der Waals surface area contributed by atoms with Gasteiger partial charge < -0.3 is 14.6 Å². The van der Waals surface area contributed by atoms with Crippen LogP contribution in [0.3, 0.4) is 0 Å². The number of halogens is 1. The maximum atomic E-state index is 12.9. The van der Waals surface area contributed by atoms with E-state index >= 15 is 0 Å². The Labute approximate surface area is 191 Å². The number of H-pyrrole nitrogens is 1. The van der Waals surface area contributed by atoms with E-state index in [1.54, 1.807) is 7.11 Å². The highest BCUT2D eigenvalue weighted by molar-refractivity contribution is 9.10. The van der Waals surface area contributed by atoms with Crippen molar-refractivity contribution in [1.29, 1.82) is 0 Å². The van der Waals surface area contributed by atoms with Crippen LogP contribution >= 0.6 is 15.9 Å². The predicted octanol–water partition coefficient (Wildman–Crippen LogP) is 5.23. The molecule has 4 nitrogen and oxygen atoms in total. The zero-order valence-electron chi connectivity index (χ0n) is 17.8. The van der Waals surface area contributed by atoms with E-state index in [9.17, 15) is 4.79 Å². The number of methoxy groups -OCH3 is 1. The zero-order valence-corrected chi connectivity index (χ0v) is 19.4. The first kappa shape index (κ1) is 19.4. The Morgan fingerprint density at radius 1 is 1.23 bits per heavy atom. The number of nitrogens with one attached hydrogen (secondary N) is 1. The lowest BCUT2D eigenvalue weighted by molar-refractivity contribution is -0.135. The summed E-state index contributed by atoms with van der Waals surface area (Å²) in [5, 5.41) is 1.32. The summed E-state index contributed by atoms with van der Waals surface area (Å²) in [6.07, 6.45) is 5.13. The number of piperidine rings is 1. The summed E-state index contributed by atoms with van der Waals surface area (Å²) < 4.78 is 6.67. The number of carbonyl (C=O) groups is 1. The number of carbonyl (C=O) groups excluding carboxylic acids is 1. The smallest absolute Gasteiger partial charge is 0.225 e. The van der Waals surface area contributed by atoms with Crippen molar-refractivity contribution in [1.82, 2.24) is 9.88 Å². The highest BCUT2D eigenvalue weighted by Crippen LogP contribution is 2.50. The number of hydrogen-bond acceptors (Lipinski definition) is 2. The van der Waals surface area contributed by atoms with Gasteiger partial charge in [-0.25, -0.2) is 0 Å². The number of aromatic amines is 1. The number of fused-ring (bicyclic) bond motifs is 4. The van der Waals surface area contributed by atoms with Crippen LogP contribution in [0.1, 0.15) is 36.1 Å². The number of amides is 1. The molecule has 31 heavy (non-hydrogen) atoms. The molecular formula is C26H27BrN2O2. The van der Waals surface area contributed by atoms with Crippen LogP contribution in [-0.4, -0.2) is 36.0 Å². The highest BCUT2D eigenvalue weighted by atomic mass is 79.9. The summed E-state index contributed by atoms with van der Waals surface area (Å²) in [4.78, 5) is 18.8. The van der Waals surface area contributed by atoms with Gasteiger partial charge in [0.1, 0.15) is 5.75 Å². The summed E-state index contributed by atoms with van der Waals surface area (Å²) in [7, 11) is 1.74. The third-order valence-corrected chi connectivity index (χ3v) is 8.33. The minimum absolute atomic E-state index is 0.0278. The van der Waals surface area contributed by atoms with Gasteiger partial charge in [0, 0.05) is 45.5 Å². The third kappa shape index (κ3) is 3.12. The number of likely N-dealkylation sites (tertiary alicyclic amines) is 1. The fraction of sp³-hybridized carbons (Fsp3) is 0.423. The SMILES string of the molecule is COc1cccc(C23CCN(C(=O)C4CC4)CC2Cc2c([nH]c4cc(Br)ccc24)C3)c1. The molecule has 6 rings (SSSR count). The monoisotopic (exact) mass is 478 g/mol. The average Bonchev–Trinajstić information content (AvgIpc) is 3.58. The number of nitrogens with zero attached hydrogens (tertiary/aromatic N) is 1. The lowest BCUT2D eigenvalue weighted by Gasteiger charge is -2.51. The molecule has 160 valence electrons. The Morgan fingerprint density at radius 3 is 2.90 bits per heavy atom. The molecule has 1 aliphatic heterocycles. The van der Waals surface area contributed by atoms with E-state index in [4.69, 9.17) is 4.74 Å². The second-order valence-electron chi connectivity index (χ2n) is 9.55. The standard InChI is InChI=1S/C26H27BrN2O2/c1-31-20-4-2-3-17(11-20)26-9-10-29(25(30)16-5-6-16)15-18(26)12-22-21-8-7-19(27)13-23(21)28-24(22)14-26/h2-4,7-8,11,13,16,18,28H,5-6,9-10,12,14-15H2,1H3. The van der Waals surface area contributed by atoms with Crippen LogP contribution in [-0.2, 0) is 23.1 Å². The van der Waals surface area contributed by atoms with Crippen LogP contribution in [0.15, 0.2) is 46.9 Å². The molecule has 2 aromatic carbocycles. The minimum Gasteiger partial charge on any atom is -0.497 e. The maximum absolute atomic E-state index is 12.9. The highest BCUT2D eigenvalue weighted by Gasteiger charge is 2.50. The molecule has 0 radical (unpaired) electrons. The van der Waals surface area contributed by atoms with Gasteiger partial charge in [-0.05, 0) is 73.4 Å². The third-order valence-electron chi connectivity index (χ3n) is 7.83. The molecule has 1 amide bonds. The number of benzene rings is 2. The first-order valence-electron chi connectivity index (χ1n) is 11.3. The van der Waals surface area contributed by atoms with Crippen LogP contribution in [0.25, 0.3) is 10.9 Å². The molecule has 2 atom stereocenters. The number of aromatic nitrogens is 1. The van der Waals surface area contributed by atoms with Crippen molar-refractivity contribution in [2.24, 2.45) is 11.8 Å². The predicted molar refractivity (Wildman–Crippen MR) is 125 cm³/mol. The summed E-state index contributed by atoms with van der Waals surface area (Å²) >= 11 is 3.62. The lowest BCUT2D eigenvalue weighted by Crippen LogP contribution is -2.55. The average molecular weight is 479 g/mol. The molecule has 3 aromatic rings. The fourth-order valence-corrected chi connectivity index (χ4v) is 6.36. The van der Waals surface area contributed by atoms with Crippen LogP contribution in [0.2, 0.25) is 0 Å². The van der Waals surface area contributed by atoms with E-state index in [1.807, 2.05) is 6.07 Å². The molecule has 1 aromatic heterocycles. The molecule has 2 heterocycles. The Kier molecular flexibility index (Phi) is 4.46. The maximum Gasteiger partial charge on any atom is 0.225 e. The topological polar surface area (TPSA) is 45.3 Å². The molecule has 2 unspecified atom stereocenters. The van der Waals surface area contributed by atoms with Crippen LogP contribution in [0, 0.1) is 11.8 Å². The Morgan fingerprint density at radius 2 is 2.10 bits per heavy atom. The van der Waals surface area contributed by atoms with Crippen molar-refractivity contribution >= 4 is 32.7 Å². The van der Waals surface area contributed by atoms with E-state index in [2.05, 4.69) is 62.2 Å². The van der Waals surface area contributed by atoms with Gasteiger partial charge in [0.25, 0.3) is 0 Å².